The van der Waals surface area contributed by atoms with Crippen LogP contribution in [0.1, 0.15) is 173 Å². The average molecular weight is 620 g/mol. The summed E-state index contributed by atoms with van der Waals surface area (Å²) < 4.78 is 6.69. The van der Waals surface area contributed by atoms with Gasteiger partial charge < -0.3 is 4.74 Å². The second-order valence-electron chi connectivity index (χ2n) is 18.3. The van der Waals surface area contributed by atoms with E-state index in [9.17, 15) is 0 Å². The van der Waals surface area contributed by atoms with Crippen molar-refractivity contribution in [2.75, 3.05) is 0 Å². The van der Waals surface area contributed by atoms with E-state index in [4.69, 9.17) is 4.74 Å². The maximum atomic E-state index is 6.69. The van der Waals surface area contributed by atoms with Gasteiger partial charge in [0.15, 0.2) is 0 Å². The van der Waals surface area contributed by atoms with Crippen LogP contribution >= 0.6 is 0 Å². The van der Waals surface area contributed by atoms with Crippen LogP contribution in [0.4, 0.5) is 0 Å². The van der Waals surface area contributed by atoms with Crippen LogP contribution in [0.25, 0.3) is 0 Å². The molecule has 0 amide bonds. The highest BCUT2D eigenvalue weighted by Gasteiger charge is 2.55. The second kappa shape index (κ2) is 13.6. The first kappa shape index (κ1) is 30.9. The summed E-state index contributed by atoms with van der Waals surface area (Å²) in [5, 5.41) is 4.15. The normalized spacial score (nSPS) is 48.5. The molecular formula is C41H69N3O. The van der Waals surface area contributed by atoms with E-state index in [-0.39, 0.29) is 0 Å². The van der Waals surface area contributed by atoms with E-state index in [0.29, 0.717) is 12.3 Å². The molecule has 0 bridgehead atoms. The number of fused-ring (bicyclic) bond motifs is 6. The van der Waals surface area contributed by atoms with Crippen molar-refractivity contribution in [3.63, 3.8) is 0 Å². The SMILES string of the molecule is C1CCC(N(C2CCCCC2)C2CCC3C(C2)C2CCCCC2N3C2CCC(C3CCC4C(N3)OC3CCCCC34)CC2)CC1. The average Bonchev–Trinajstić information content (AvgIpc) is 3.64. The molecule has 9 aliphatic rings. The third-order valence-electron chi connectivity index (χ3n) is 16.3. The third kappa shape index (κ3) is 5.92. The highest BCUT2D eigenvalue weighted by atomic mass is 16.5. The number of hydrogen-bond acceptors (Lipinski definition) is 4. The first-order valence-corrected chi connectivity index (χ1v) is 21.3. The topological polar surface area (TPSA) is 27.7 Å². The summed E-state index contributed by atoms with van der Waals surface area (Å²) in [7, 11) is 0. The molecule has 0 radical (unpaired) electrons. The summed E-state index contributed by atoms with van der Waals surface area (Å²) in [5.74, 6) is 4.59. The number of rotatable bonds is 5. The van der Waals surface area contributed by atoms with Crippen molar-refractivity contribution in [2.45, 2.75) is 228 Å². The largest absolute Gasteiger partial charge is 0.360 e. The van der Waals surface area contributed by atoms with E-state index in [1.54, 1.807) is 12.8 Å². The van der Waals surface area contributed by atoms with Gasteiger partial charge in [-0.05, 0) is 133 Å². The van der Waals surface area contributed by atoms with Gasteiger partial charge in [-0.3, -0.25) is 15.1 Å². The third-order valence-corrected chi connectivity index (χ3v) is 16.3. The monoisotopic (exact) mass is 620 g/mol. The van der Waals surface area contributed by atoms with Crippen LogP contribution in [-0.2, 0) is 4.74 Å². The first-order chi connectivity index (χ1) is 22.3. The lowest BCUT2D eigenvalue weighted by Gasteiger charge is -2.50. The summed E-state index contributed by atoms with van der Waals surface area (Å²) in [6, 6.07) is 6.19. The lowest BCUT2D eigenvalue weighted by atomic mass is 9.71. The van der Waals surface area contributed by atoms with E-state index >= 15 is 0 Å². The summed E-state index contributed by atoms with van der Waals surface area (Å²) in [6.45, 7) is 0. The molecule has 45 heavy (non-hydrogen) atoms. The highest BCUT2D eigenvalue weighted by Crippen LogP contribution is 2.53. The van der Waals surface area contributed by atoms with Crippen molar-refractivity contribution in [1.29, 1.82) is 0 Å². The lowest BCUT2D eigenvalue weighted by Crippen LogP contribution is -2.55. The Morgan fingerprint density at radius 2 is 1.11 bits per heavy atom. The fourth-order valence-electron chi connectivity index (χ4n) is 14.4. The van der Waals surface area contributed by atoms with Gasteiger partial charge in [-0.2, -0.15) is 0 Å². The van der Waals surface area contributed by atoms with E-state index in [2.05, 4.69) is 15.1 Å². The molecule has 4 nitrogen and oxygen atoms in total. The van der Waals surface area contributed by atoms with Crippen molar-refractivity contribution in [3.8, 4) is 0 Å². The predicted octanol–water partition coefficient (Wildman–Crippen LogP) is 9.21. The molecule has 3 heterocycles. The maximum absolute atomic E-state index is 6.69. The zero-order chi connectivity index (χ0) is 29.7. The van der Waals surface area contributed by atoms with Gasteiger partial charge in [0.05, 0.1) is 6.10 Å². The van der Waals surface area contributed by atoms with Crippen LogP contribution in [0, 0.1) is 29.6 Å². The van der Waals surface area contributed by atoms with Crippen LogP contribution in [-0.4, -0.2) is 64.4 Å². The zero-order valence-electron chi connectivity index (χ0n) is 29.0. The van der Waals surface area contributed by atoms with E-state index in [1.807, 2.05) is 0 Å². The molecule has 254 valence electrons. The smallest absolute Gasteiger partial charge is 0.111 e. The Morgan fingerprint density at radius 1 is 0.467 bits per heavy atom. The van der Waals surface area contributed by atoms with Gasteiger partial charge in [0.2, 0.25) is 0 Å². The number of ether oxygens (including phenoxy) is 1. The summed E-state index contributed by atoms with van der Waals surface area (Å²) in [6.07, 6.45) is 41.0. The van der Waals surface area contributed by atoms with Crippen LogP contribution < -0.4 is 5.32 Å². The Balaban J connectivity index is 0.857. The number of nitrogens with zero attached hydrogens (tertiary/aromatic N) is 2. The molecule has 9 rings (SSSR count). The van der Waals surface area contributed by atoms with E-state index in [0.717, 1.165) is 71.9 Å². The van der Waals surface area contributed by atoms with Gasteiger partial charge in [-0.1, -0.05) is 64.2 Å². The zero-order valence-corrected chi connectivity index (χ0v) is 29.0. The van der Waals surface area contributed by atoms with Gasteiger partial charge in [0.1, 0.15) is 6.23 Å². The van der Waals surface area contributed by atoms with Crippen LogP contribution in [0.2, 0.25) is 0 Å². The Morgan fingerprint density at radius 3 is 1.87 bits per heavy atom. The van der Waals surface area contributed by atoms with Gasteiger partial charge in [0, 0.05) is 48.2 Å². The summed E-state index contributed by atoms with van der Waals surface area (Å²) >= 11 is 0. The molecule has 0 aromatic heterocycles. The van der Waals surface area contributed by atoms with Gasteiger partial charge >= 0.3 is 0 Å². The molecule has 0 aromatic carbocycles. The Labute approximate surface area is 276 Å². The Bertz CT molecular complexity index is 950. The van der Waals surface area contributed by atoms with Gasteiger partial charge in [-0.15, -0.1) is 0 Å². The maximum Gasteiger partial charge on any atom is 0.111 e. The molecule has 9 fully saturated rings. The van der Waals surface area contributed by atoms with Crippen LogP contribution in [0.3, 0.4) is 0 Å². The quantitative estimate of drug-likeness (QED) is 0.332. The van der Waals surface area contributed by atoms with Crippen LogP contribution in [0.5, 0.6) is 0 Å². The molecule has 10 unspecified atom stereocenters. The molecule has 1 N–H and O–H groups in total. The fourth-order valence-corrected chi connectivity index (χ4v) is 14.4. The highest BCUT2D eigenvalue weighted by molar-refractivity contribution is 5.08. The summed E-state index contributed by atoms with van der Waals surface area (Å²) in [5.41, 5.74) is 0. The van der Waals surface area contributed by atoms with Crippen molar-refractivity contribution in [3.05, 3.63) is 0 Å². The van der Waals surface area contributed by atoms with Crippen molar-refractivity contribution >= 4 is 0 Å². The Kier molecular flexibility index (Phi) is 9.35. The molecule has 0 aromatic rings. The van der Waals surface area contributed by atoms with Crippen molar-refractivity contribution in [2.24, 2.45) is 29.6 Å². The molecule has 3 aliphatic heterocycles. The lowest BCUT2D eigenvalue weighted by molar-refractivity contribution is -0.0276. The predicted molar refractivity (Wildman–Crippen MR) is 184 cm³/mol. The molecule has 6 saturated carbocycles. The summed E-state index contributed by atoms with van der Waals surface area (Å²) in [4.78, 5) is 6.53. The first-order valence-electron chi connectivity index (χ1n) is 21.3. The number of likely N-dealkylation sites (tertiary alicyclic amines) is 1. The van der Waals surface area contributed by atoms with Crippen LogP contribution in [0.15, 0.2) is 0 Å². The number of hydrogen-bond donors (Lipinski definition) is 1. The number of nitrogens with one attached hydrogen (secondary N) is 1. The Hall–Kier alpha value is -0.160. The minimum Gasteiger partial charge on any atom is -0.360 e. The molecule has 6 aliphatic carbocycles. The fraction of sp³-hybridized carbons (Fsp3) is 1.00. The van der Waals surface area contributed by atoms with Gasteiger partial charge in [-0.25, -0.2) is 0 Å². The van der Waals surface area contributed by atoms with E-state index < -0.39 is 0 Å². The van der Waals surface area contributed by atoms with Crippen molar-refractivity contribution < 1.29 is 4.74 Å². The minimum atomic E-state index is 0.383. The molecule has 3 saturated heterocycles. The minimum absolute atomic E-state index is 0.383. The van der Waals surface area contributed by atoms with Crippen molar-refractivity contribution in [1.82, 2.24) is 15.1 Å². The molecule has 4 heteroatoms. The van der Waals surface area contributed by atoms with Gasteiger partial charge in [0.25, 0.3) is 0 Å². The number of piperidine rings is 1. The molecular weight excluding hydrogens is 550 g/mol. The molecule has 0 spiro atoms. The second-order valence-corrected chi connectivity index (χ2v) is 18.3. The standard InChI is InChI=1S/C41H69N3O/c1-3-11-29(12-4-1)43(30-13-5-2-6-14-30)32-23-26-39-36(27-32)33-15-7-9-17-38(33)44(39)31-21-19-28(20-22-31)37-25-24-35-34-16-8-10-18-40(34)45-41(35)42-37/h28-42H,1-27H2. The molecule has 10 atom stereocenters. The van der Waals surface area contributed by atoms with E-state index in [1.165, 1.54) is 161 Å².